The maximum absolute atomic E-state index is 10.6. The van der Waals surface area contributed by atoms with E-state index in [1.165, 1.54) is 4.90 Å². The number of rotatable bonds is 16. The summed E-state index contributed by atoms with van der Waals surface area (Å²) in [5, 5.41) is 26.0. The van der Waals surface area contributed by atoms with Gasteiger partial charge in [0.15, 0.2) is 0 Å². The van der Waals surface area contributed by atoms with Crippen molar-refractivity contribution in [3.05, 3.63) is 0 Å². The van der Waals surface area contributed by atoms with Gasteiger partial charge in [-0.05, 0) is 6.54 Å². The van der Waals surface area contributed by atoms with E-state index in [1.54, 1.807) is 4.90 Å². The minimum absolute atomic E-state index is 0.0284. The minimum atomic E-state index is -1.10. The molecule has 0 aromatic heterocycles. The zero-order chi connectivity index (χ0) is 18.4. The number of carboxylic acid groups (broad SMARTS) is 3. The van der Waals surface area contributed by atoms with Crippen LogP contribution in [0.25, 0.3) is 0 Å². The largest absolute Gasteiger partial charge is 0.480 e. The number of aliphatic carboxylic acids is 3. The smallest absolute Gasteiger partial charge is 0.317 e. The summed E-state index contributed by atoms with van der Waals surface area (Å²) in [6.45, 7) is 3.64. The van der Waals surface area contributed by atoms with Crippen molar-refractivity contribution in [2.45, 2.75) is 6.92 Å². The molecule has 0 bridgehead atoms. The number of ether oxygens (including phenoxy) is 2. The SMILES string of the molecule is CCN(CCOCCOCCN(CC(=O)O)CC(=O)O)CC(=O)O. The molecule has 0 rings (SSSR count). The molecule has 0 spiro atoms. The molecule has 0 aromatic carbocycles. The van der Waals surface area contributed by atoms with Crippen LogP contribution in [0.2, 0.25) is 0 Å². The standard InChI is InChI=1S/C14H26N2O8/c1-2-15(9-12(17)18)3-5-23-7-8-24-6-4-16(10-13(19)20)11-14(21)22/h2-11H2,1H3,(H,17,18)(H,19,20)(H,21,22). The fourth-order valence-electron chi connectivity index (χ4n) is 1.85. The van der Waals surface area contributed by atoms with Crippen LogP contribution < -0.4 is 0 Å². The lowest BCUT2D eigenvalue weighted by atomic mass is 10.4. The first-order valence-corrected chi connectivity index (χ1v) is 7.60. The molecule has 0 saturated carbocycles. The summed E-state index contributed by atoms with van der Waals surface area (Å²) in [7, 11) is 0. The molecule has 0 aliphatic heterocycles. The van der Waals surface area contributed by atoms with Crippen molar-refractivity contribution in [2.24, 2.45) is 0 Å². The van der Waals surface area contributed by atoms with Crippen molar-refractivity contribution in [1.82, 2.24) is 9.80 Å². The molecule has 0 aliphatic rings. The maximum Gasteiger partial charge on any atom is 0.317 e. The van der Waals surface area contributed by atoms with Crippen molar-refractivity contribution in [3.63, 3.8) is 0 Å². The monoisotopic (exact) mass is 350 g/mol. The van der Waals surface area contributed by atoms with E-state index in [-0.39, 0.29) is 32.8 Å². The second kappa shape index (κ2) is 13.7. The van der Waals surface area contributed by atoms with Gasteiger partial charge in [-0.3, -0.25) is 24.2 Å². The molecule has 0 amide bonds. The Morgan fingerprint density at radius 1 is 0.708 bits per heavy atom. The number of nitrogens with zero attached hydrogens (tertiary/aromatic N) is 2. The molecule has 24 heavy (non-hydrogen) atoms. The van der Waals surface area contributed by atoms with Crippen molar-refractivity contribution in [2.75, 3.05) is 65.7 Å². The summed E-state index contributed by atoms with van der Waals surface area (Å²) in [5.74, 6) is -3.07. The predicted molar refractivity (Wildman–Crippen MR) is 83.1 cm³/mol. The van der Waals surface area contributed by atoms with Gasteiger partial charge in [0.25, 0.3) is 0 Å². The van der Waals surface area contributed by atoms with Gasteiger partial charge < -0.3 is 24.8 Å². The third kappa shape index (κ3) is 13.9. The Kier molecular flexibility index (Phi) is 12.7. The van der Waals surface area contributed by atoms with E-state index in [0.717, 1.165) is 0 Å². The summed E-state index contributed by atoms with van der Waals surface area (Å²) >= 11 is 0. The van der Waals surface area contributed by atoms with Gasteiger partial charge >= 0.3 is 17.9 Å². The van der Waals surface area contributed by atoms with Crippen LogP contribution in [-0.2, 0) is 23.9 Å². The van der Waals surface area contributed by atoms with Crippen LogP contribution in [0, 0.1) is 0 Å². The molecule has 0 saturated heterocycles. The number of likely N-dealkylation sites (N-methyl/N-ethyl adjacent to an activating group) is 1. The van der Waals surface area contributed by atoms with E-state index >= 15 is 0 Å². The van der Waals surface area contributed by atoms with Crippen LogP contribution in [0.4, 0.5) is 0 Å². The van der Waals surface area contributed by atoms with E-state index in [9.17, 15) is 14.4 Å². The van der Waals surface area contributed by atoms with Crippen molar-refractivity contribution in [3.8, 4) is 0 Å². The third-order valence-corrected chi connectivity index (χ3v) is 3.00. The molecule has 0 atom stereocenters. The van der Waals surface area contributed by atoms with Gasteiger partial charge in [0.2, 0.25) is 0 Å². The predicted octanol–water partition coefficient (Wildman–Crippen LogP) is -1.10. The fourth-order valence-corrected chi connectivity index (χ4v) is 1.85. The molecule has 0 unspecified atom stereocenters. The molecule has 3 N–H and O–H groups in total. The lowest BCUT2D eigenvalue weighted by Gasteiger charge is -2.18. The van der Waals surface area contributed by atoms with Crippen molar-refractivity contribution in [1.29, 1.82) is 0 Å². The molecule has 0 heterocycles. The van der Waals surface area contributed by atoms with E-state index in [0.29, 0.717) is 32.9 Å². The highest BCUT2D eigenvalue weighted by molar-refractivity contribution is 5.72. The van der Waals surface area contributed by atoms with Crippen LogP contribution >= 0.6 is 0 Å². The number of hydrogen-bond acceptors (Lipinski definition) is 7. The molecule has 0 radical (unpaired) electrons. The quantitative estimate of drug-likeness (QED) is 0.294. The first-order chi connectivity index (χ1) is 11.3. The molecule has 10 nitrogen and oxygen atoms in total. The number of carbonyl (C=O) groups is 3. The lowest BCUT2D eigenvalue weighted by molar-refractivity contribution is -0.142. The van der Waals surface area contributed by atoms with Gasteiger partial charge in [0.1, 0.15) is 0 Å². The van der Waals surface area contributed by atoms with Crippen LogP contribution in [0.5, 0.6) is 0 Å². The van der Waals surface area contributed by atoms with Crippen LogP contribution in [0.15, 0.2) is 0 Å². The van der Waals surface area contributed by atoms with Gasteiger partial charge in [-0.1, -0.05) is 6.92 Å². The molecule has 10 heteroatoms. The summed E-state index contributed by atoms with van der Waals surface area (Å²) in [6.07, 6.45) is 0. The van der Waals surface area contributed by atoms with Gasteiger partial charge in [0, 0.05) is 13.1 Å². The van der Waals surface area contributed by atoms with Crippen LogP contribution in [-0.4, -0.2) is 109 Å². The first-order valence-electron chi connectivity index (χ1n) is 7.60. The Morgan fingerprint density at radius 2 is 1.08 bits per heavy atom. The zero-order valence-electron chi connectivity index (χ0n) is 13.8. The van der Waals surface area contributed by atoms with Crippen LogP contribution in [0.1, 0.15) is 6.92 Å². The summed E-state index contributed by atoms with van der Waals surface area (Å²) in [4.78, 5) is 34.8. The van der Waals surface area contributed by atoms with E-state index < -0.39 is 17.9 Å². The highest BCUT2D eigenvalue weighted by Crippen LogP contribution is 1.91. The zero-order valence-corrected chi connectivity index (χ0v) is 13.8. The molecule has 0 fully saturated rings. The van der Waals surface area contributed by atoms with E-state index in [2.05, 4.69) is 0 Å². The Labute approximate surface area is 140 Å². The fraction of sp³-hybridized carbons (Fsp3) is 0.786. The maximum atomic E-state index is 10.6. The Morgan fingerprint density at radius 3 is 1.46 bits per heavy atom. The molecular formula is C14H26N2O8. The molecular weight excluding hydrogens is 324 g/mol. The topological polar surface area (TPSA) is 137 Å². The minimum Gasteiger partial charge on any atom is -0.480 e. The second-order valence-electron chi connectivity index (χ2n) is 4.99. The number of carboxylic acids is 3. The number of hydrogen-bond donors (Lipinski definition) is 3. The van der Waals surface area contributed by atoms with Gasteiger partial charge in [-0.15, -0.1) is 0 Å². The van der Waals surface area contributed by atoms with Gasteiger partial charge in [0.05, 0.1) is 46.1 Å². The normalized spacial score (nSPS) is 11.1. The van der Waals surface area contributed by atoms with Crippen LogP contribution in [0.3, 0.4) is 0 Å². The molecule has 140 valence electrons. The van der Waals surface area contributed by atoms with Gasteiger partial charge in [-0.25, -0.2) is 0 Å². The highest BCUT2D eigenvalue weighted by atomic mass is 16.5. The Bertz CT molecular complexity index is 375. The molecule has 0 aliphatic carbocycles. The van der Waals surface area contributed by atoms with Crippen molar-refractivity contribution < 1.29 is 39.2 Å². The summed E-state index contributed by atoms with van der Waals surface area (Å²) in [6, 6.07) is 0. The average Bonchev–Trinajstić information content (AvgIpc) is 2.46. The van der Waals surface area contributed by atoms with Gasteiger partial charge in [-0.2, -0.15) is 0 Å². The average molecular weight is 350 g/mol. The third-order valence-electron chi connectivity index (χ3n) is 3.00. The lowest BCUT2D eigenvalue weighted by Crippen LogP contribution is -2.37. The summed E-state index contributed by atoms with van der Waals surface area (Å²) < 4.78 is 10.6. The Hall–Kier alpha value is -1.75. The molecule has 0 aromatic rings. The summed E-state index contributed by atoms with van der Waals surface area (Å²) in [5.41, 5.74) is 0. The van der Waals surface area contributed by atoms with E-state index in [4.69, 9.17) is 24.8 Å². The first kappa shape index (κ1) is 22.2. The van der Waals surface area contributed by atoms with Crippen molar-refractivity contribution >= 4 is 17.9 Å². The van der Waals surface area contributed by atoms with E-state index in [1.807, 2.05) is 6.92 Å². The highest BCUT2D eigenvalue weighted by Gasteiger charge is 2.12. The second-order valence-corrected chi connectivity index (χ2v) is 4.99. The Balaban J connectivity index is 3.68.